The zero-order valence-corrected chi connectivity index (χ0v) is 20.4. The average molecular weight is 521 g/mol. The van der Waals surface area contributed by atoms with Crippen molar-refractivity contribution >= 4 is 11.8 Å². The van der Waals surface area contributed by atoms with Crippen LogP contribution in [0.5, 0.6) is 0 Å². The van der Waals surface area contributed by atoms with Gasteiger partial charge in [0.1, 0.15) is 17.4 Å². The molecule has 1 aliphatic rings. The molecule has 0 radical (unpaired) electrons. The summed E-state index contributed by atoms with van der Waals surface area (Å²) in [5, 5.41) is 9.80. The molecule has 1 fully saturated rings. The van der Waals surface area contributed by atoms with E-state index in [0.29, 0.717) is 66.9 Å². The van der Waals surface area contributed by atoms with Crippen molar-refractivity contribution in [3.8, 4) is 11.5 Å². The van der Waals surface area contributed by atoms with Crippen molar-refractivity contribution in [3.63, 3.8) is 0 Å². The van der Waals surface area contributed by atoms with Crippen molar-refractivity contribution in [2.75, 3.05) is 26.2 Å². The number of hydrogen-bond acceptors (Lipinski definition) is 8. The highest BCUT2D eigenvalue weighted by Crippen LogP contribution is 2.25. The average Bonchev–Trinajstić information content (AvgIpc) is 3.36. The quantitative estimate of drug-likeness (QED) is 0.505. The van der Waals surface area contributed by atoms with Gasteiger partial charge in [-0.25, -0.2) is 0 Å². The van der Waals surface area contributed by atoms with E-state index in [4.69, 9.17) is 9.05 Å². The van der Waals surface area contributed by atoms with Crippen LogP contribution < -0.4 is 5.32 Å². The number of aryl methyl sites for hydroxylation is 2. The predicted octanol–water partition coefficient (Wildman–Crippen LogP) is 2.67. The highest BCUT2D eigenvalue weighted by atomic mass is 19.4. The van der Waals surface area contributed by atoms with E-state index in [9.17, 15) is 22.8 Å². The fraction of sp³-hybridized carbons (Fsp3) is 0.458. The van der Waals surface area contributed by atoms with Gasteiger partial charge >= 0.3 is 12.1 Å². The van der Waals surface area contributed by atoms with E-state index in [1.165, 1.54) is 4.90 Å². The SMILES string of the molecule is Cc1noc(C)c1-c1nc(CN2CCCN(C(=O)C(Cc3ccccc3)NC(=O)C(F)(F)F)CC2)no1. The third-order valence-electron chi connectivity index (χ3n) is 6.12. The normalized spacial score (nSPS) is 15.9. The van der Waals surface area contributed by atoms with Crippen LogP contribution in [0.3, 0.4) is 0 Å². The highest BCUT2D eigenvalue weighted by molar-refractivity contribution is 5.90. The molecular weight excluding hydrogens is 493 g/mol. The van der Waals surface area contributed by atoms with Crippen molar-refractivity contribution in [1.29, 1.82) is 0 Å². The molecule has 2 amide bonds. The number of hydrogen-bond donors (Lipinski definition) is 1. The van der Waals surface area contributed by atoms with Crippen molar-refractivity contribution in [2.24, 2.45) is 0 Å². The predicted molar refractivity (Wildman–Crippen MR) is 124 cm³/mol. The standard InChI is InChI=1S/C24H27F3N6O4/c1-15-20(16(2)36-30-15)21-29-19(31-37-21)14-32-9-6-10-33(12-11-32)22(34)18(28-23(35)24(25,26)27)13-17-7-4-3-5-8-17/h3-5,7-8,18H,6,9-14H2,1-2H3,(H,28,35). The molecule has 1 aliphatic heterocycles. The summed E-state index contributed by atoms with van der Waals surface area (Å²) in [5.41, 5.74) is 1.93. The minimum absolute atomic E-state index is 0.0466. The topological polar surface area (TPSA) is 118 Å². The molecule has 0 bridgehead atoms. The number of alkyl halides is 3. The molecule has 4 rings (SSSR count). The smallest absolute Gasteiger partial charge is 0.361 e. The summed E-state index contributed by atoms with van der Waals surface area (Å²) >= 11 is 0. The van der Waals surface area contributed by atoms with E-state index in [1.54, 1.807) is 44.2 Å². The summed E-state index contributed by atoms with van der Waals surface area (Å²) in [6.07, 6.45) is -4.54. The molecule has 1 aromatic carbocycles. The van der Waals surface area contributed by atoms with Crippen molar-refractivity contribution in [1.82, 2.24) is 30.4 Å². The zero-order chi connectivity index (χ0) is 26.6. The Morgan fingerprint density at radius 1 is 1.05 bits per heavy atom. The molecule has 1 N–H and O–H groups in total. The van der Waals surface area contributed by atoms with Gasteiger partial charge in [-0.15, -0.1) is 0 Å². The van der Waals surface area contributed by atoms with E-state index >= 15 is 0 Å². The molecule has 198 valence electrons. The lowest BCUT2D eigenvalue weighted by Gasteiger charge is -2.27. The number of halogens is 3. The van der Waals surface area contributed by atoms with E-state index in [0.717, 1.165) is 0 Å². The molecule has 0 saturated carbocycles. The molecule has 10 nitrogen and oxygen atoms in total. The highest BCUT2D eigenvalue weighted by Gasteiger charge is 2.41. The van der Waals surface area contributed by atoms with Gasteiger partial charge in [0.2, 0.25) is 5.91 Å². The molecule has 2 aromatic heterocycles. The van der Waals surface area contributed by atoms with Gasteiger partial charge < -0.3 is 19.3 Å². The summed E-state index contributed by atoms with van der Waals surface area (Å²) in [5.74, 6) is -1.36. The van der Waals surface area contributed by atoms with Crippen molar-refractivity contribution in [2.45, 2.75) is 45.5 Å². The molecule has 3 aromatic rings. The van der Waals surface area contributed by atoms with Crippen LogP contribution in [0.2, 0.25) is 0 Å². The van der Waals surface area contributed by atoms with Gasteiger partial charge in [0.25, 0.3) is 5.89 Å². The van der Waals surface area contributed by atoms with Crippen LogP contribution in [-0.4, -0.2) is 75.3 Å². The number of carbonyl (C=O) groups is 2. The lowest BCUT2D eigenvalue weighted by atomic mass is 10.0. The zero-order valence-electron chi connectivity index (χ0n) is 20.4. The van der Waals surface area contributed by atoms with Crippen molar-refractivity contribution < 1.29 is 31.8 Å². The second-order valence-corrected chi connectivity index (χ2v) is 8.88. The Bertz CT molecular complexity index is 1210. The summed E-state index contributed by atoms with van der Waals surface area (Å²) in [4.78, 5) is 32.9. The fourth-order valence-electron chi connectivity index (χ4n) is 4.27. The third kappa shape index (κ3) is 6.53. The maximum Gasteiger partial charge on any atom is 0.471 e. The number of nitrogens with one attached hydrogen (secondary N) is 1. The van der Waals surface area contributed by atoms with E-state index in [1.807, 2.05) is 10.2 Å². The van der Waals surface area contributed by atoms with E-state index in [-0.39, 0.29) is 13.0 Å². The fourth-order valence-corrected chi connectivity index (χ4v) is 4.27. The monoisotopic (exact) mass is 520 g/mol. The first-order chi connectivity index (χ1) is 17.6. The third-order valence-corrected chi connectivity index (χ3v) is 6.12. The van der Waals surface area contributed by atoms with Gasteiger partial charge in [-0.3, -0.25) is 14.5 Å². The molecule has 0 spiro atoms. The Labute approximate surface area is 210 Å². The second-order valence-electron chi connectivity index (χ2n) is 8.88. The summed E-state index contributed by atoms with van der Waals surface area (Å²) in [7, 11) is 0. The van der Waals surface area contributed by atoms with Crippen LogP contribution in [0, 0.1) is 13.8 Å². The Morgan fingerprint density at radius 2 is 1.81 bits per heavy atom. The summed E-state index contributed by atoms with van der Waals surface area (Å²) < 4.78 is 49.3. The molecular formula is C24H27F3N6O4. The van der Waals surface area contributed by atoms with Gasteiger partial charge in [-0.1, -0.05) is 40.6 Å². The van der Waals surface area contributed by atoms with Crippen LogP contribution in [0.4, 0.5) is 13.2 Å². The van der Waals surface area contributed by atoms with E-state index < -0.39 is 24.0 Å². The number of rotatable bonds is 7. The molecule has 1 atom stereocenters. The first-order valence-electron chi connectivity index (χ1n) is 11.8. The number of carbonyl (C=O) groups excluding carboxylic acids is 2. The van der Waals surface area contributed by atoms with Gasteiger partial charge in [-0.05, 0) is 25.8 Å². The maximum atomic E-state index is 13.3. The van der Waals surface area contributed by atoms with Gasteiger partial charge in [0, 0.05) is 32.6 Å². The van der Waals surface area contributed by atoms with Crippen LogP contribution >= 0.6 is 0 Å². The number of aromatic nitrogens is 3. The van der Waals surface area contributed by atoms with Crippen molar-refractivity contribution in [3.05, 3.63) is 53.2 Å². The van der Waals surface area contributed by atoms with Gasteiger partial charge in [0.05, 0.1) is 12.2 Å². The van der Waals surface area contributed by atoms with Gasteiger partial charge in [0.15, 0.2) is 5.82 Å². The maximum absolute atomic E-state index is 13.3. The van der Waals surface area contributed by atoms with Gasteiger partial charge in [-0.2, -0.15) is 18.2 Å². The first kappa shape index (κ1) is 26.3. The second kappa shape index (κ2) is 11.1. The lowest BCUT2D eigenvalue weighted by molar-refractivity contribution is -0.175. The molecule has 0 aliphatic carbocycles. The minimum Gasteiger partial charge on any atom is -0.361 e. The summed E-state index contributed by atoms with van der Waals surface area (Å²) in [6.45, 7) is 5.59. The molecule has 1 saturated heterocycles. The lowest BCUT2D eigenvalue weighted by Crippen LogP contribution is -2.53. The first-order valence-corrected chi connectivity index (χ1v) is 11.8. The molecule has 1 unspecified atom stereocenters. The Morgan fingerprint density at radius 3 is 2.49 bits per heavy atom. The van der Waals surface area contributed by atoms with Crippen LogP contribution in [0.25, 0.3) is 11.5 Å². The molecule has 13 heteroatoms. The number of nitrogens with zero attached hydrogens (tertiary/aromatic N) is 5. The minimum atomic E-state index is -5.09. The van der Waals surface area contributed by atoms with Crippen LogP contribution in [-0.2, 0) is 22.6 Å². The molecule has 37 heavy (non-hydrogen) atoms. The Balaban J connectivity index is 1.40. The summed E-state index contributed by atoms with van der Waals surface area (Å²) in [6, 6.07) is 7.28. The molecule has 3 heterocycles. The van der Waals surface area contributed by atoms with E-state index in [2.05, 4.69) is 15.3 Å². The van der Waals surface area contributed by atoms with Crippen LogP contribution in [0.1, 0.15) is 29.3 Å². The number of amides is 2. The van der Waals surface area contributed by atoms with Crippen LogP contribution in [0.15, 0.2) is 39.4 Å². The Hall–Kier alpha value is -3.74. The largest absolute Gasteiger partial charge is 0.471 e. The number of benzene rings is 1. The Kier molecular flexibility index (Phi) is 7.91.